The zero-order valence-corrected chi connectivity index (χ0v) is 20.6. The monoisotopic (exact) mass is 503 g/mol. The molecule has 5 rings (SSSR count). The van der Waals surface area contributed by atoms with Crippen molar-refractivity contribution in [3.63, 3.8) is 0 Å². The standard InChI is InChI=1S/C24H28F3N7S/c1-23-9-12-34(18-6-4-17(5-7-18)24(25,26)27)20(23)14-33(15-23)11-3-13-35-22-31-30-21(32(22)2)19-8-10-28-16-29-19/h4-8,10,16,20H,3,9,11-15H2,1-2H3/t20-,23+/m1/s1. The van der Waals surface area contributed by atoms with E-state index >= 15 is 0 Å². The summed E-state index contributed by atoms with van der Waals surface area (Å²) in [6, 6.07) is 7.75. The van der Waals surface area contributed by atoms with Crippen molar-refractivity contribution in [3.8, 4) is 11.5 Å². The van der Waals surface area contributed by atoms with Gasteiger partial charge in [0.2, 0.25) is 0 Å². The quantitative estimate of drug-likeness (QED) is 0.350. The van der Waals surface area contributed by atoms with Crippen molar-refractivity contribution in [3.05, 3.63) is 48.4 Å². The number of hydrogen-bond donors (Lipinski definition) is 0. The topological polar surface area (TPSA) is 63.0 Å². The fraction of sp³-hybridized carbons (Fsp3) is 0.500. The molecule has 35 heavy (non-hydrogen) atoms. The van der Waals surface area contributed by atoms with E-state index in [9.17, 15) is 13.2 Å². The van der Waals surface area contributed by atoms with Crippen LogP contribution in [-0.4, -0.2) is 67.6 Å². The first-order chi connectivity index (χ1) is 16.7. The summed E-state index contributed by atoms with van der Waals surface area (Å²) in [7, 11) is 1.94. The van der Waals surface area contributed by atoms with Gasteiger partial charge in [-0.25, -0.2) is 9.97 Å². The Kier molecular flexibility index (Phi) is 6.47. The Balaban J connectivity index is 1.14. The first kappa shape index (κ1) is 24.1. The summed E-state index contributed by atoms with van der Waals surface area (Å²) in [5, 5.41) is 9.44. The molecule has 0 N–H and O–H groups in total. The van der Waals surface area contributed by atoms with Gasteiger partial charge >= 0.3 is 6.18 Å². The Morgan fingerprint density at radius 3 is 2.66 bits per heavy atom. The molecule has 0 unspecified atom stereocenters. The van der Waals surface area contributed by atoms with Crippen LogP contribution in [0.2, 0.25) is 0 Å². The molecule has 7 nitrogen and oxygen atoms in total. The van der Waals surface area contributed by atoms with Crippen molar-refractivity contribution in [1.82, 2.24) is 29.6 Å². The third kappa shape index (κ3) is 4.88. The molecular weight excluding hydrogens is 475 g/mol. The SMILES string of the molecule is Cn1c(SCCCN2C[C@H]3N(c4ccc(C(F)(F)F)cc4)CC[C@@]3(C)C2)nnc1-c1ccncn1. The molecule has 2 aliphatic heterocycles. The fourth-order valence-electron chi connectivity index (χ4n) is 5.26. The van der Waals surface area contributed by atoms with Crippen molar-refractivity contribution in [1.29, 1.82) is 0 Å². The van der Waals surface area contributed by atoms with E-state index in [1.165, 1.54) is 18.5 Å². The van der Waals surface area contributed by atoms with Gasteiger partial charge in [0.15, 0.2) is 11.0 Å². The van der Waals surface area contributed by atoms with Crippen LogP contribution in [0, 0.1) is 5.41 Å². The molecule has 2 saturated heterocycles. The molecule has 1 aromatic carbocycles. The zero-order valence-electron chi connectivity index (χ0n) is 19.7. The second-order valence-electron chi connectivity index (χ2n) is 9.55. The maximum absolute atomic E-state index is 12.9. The van der Waals surface area contributed by atoms with Crippen molar-refractivity contribution in [2.24, 2.45) is 12.5 Å². The molecule has 0 radical (unpaired) electrons. The van der Waals surface area contributed by atoms with Crippen LogP contribution in [0.1, 0.15) is 25.3 Å². The van der Waals surface area contributed by atoms with E-state index in [1.54, 1.807) is 30.1 Å². The number of aromatic nitrogens is 5. The van der Waals surface area contributed by atoms with Gasteiger partial charge < -0.3 is 14.4 Å². The smallest absolute Gasteiger partial charge is 0.367 e. The summed E-state index contributed by atoms with van der Waals surface area (Å²) in [4.78, 5) is 13.0. The Hall–Kier alpha value is -2.66. The minimum atomic E-state index is -4.30. The fourth-order valence-corrected chi connectivity index (χ4v) is 6.09. The molecule has 0 spiro atoms. The second kappa shape index (κ2) is 9.42. The maximum atomic E-state index is 12.9. The summed E-state index contributed by atoms with van der Waals surface area (Å²) in [6.45, 7) is 6.13. The molecular formula is C24H28F3N7S. The molecule has 186 valence electrons. The zero-order chi connectivity index (χ0) is 24.6. The molecule has 0 aliphatic carbocycles. The van der Waals surface area contributed by atoms with Gasteiger partial charge in [-0.05, 0) is 49.7 Å². The van der Waals surface area contributed by atoms with Gasteiger partial charge in [-0.1, -0.05) is 18.7 Å². The van der Waals surface area contributed by atoms with E-state index in [1.807, 2.05) is 17.7 Å². The minimum absolute atomic E-state index is 0.159. The van der Waals surface area contributed by atoms with Crippen LogP contribution < -0.4 is 4.90 Å². The maximum Gasteiger partial charge on any atom is 0.416 e. The van der Waals surface area contributed by atoms with E-state index in [0.717, 1.165) is 67.1 Å². The van der Waals surface area contributed by atoms with Crippen molar-refractivity contribution in [2.45, 2.75) is 37.1 Å². The van der Waals surface area contributed by atoms with E-state index in [-0.39, 0.29) is 5.41 Å². The third-order valence-corrected chi connectivity index (χ3v) is 8.25. The van der Waals surface area contributed by atoms with E-state index in [0.29, 0.717) is 6.04 Å². The van der Waals surface area contributed by atoms with Crippen LogP contribution in [0.15, 0.2) is 48.0 Å². The van der Waals surface area contributed by atoms with Crippen molar-refractivity contribution < 1.29 is 13.2 Å². The Morgan fingerprint density at radius 2 is 1.94 bits per heavy atom. The van der Waals surface area contributed by atoms with Crippen molar-refractivity contribution in [2.75, 3.05) is 36.8 Å². The average Bonchev–Trinajstić information content (AvgIpc) is 3.47. The van der Waals surface area contributed by atoms with Gasteiger partial charge in [-0.15, -0.1) is 10.2 Å². The molecule has 0 saturated carbocycles. The predicted molar refractivity (Wildman–Crippen MR) is 129 cm³/mol. The number of halogens is 3. The number of alkyl halides is 3. The highest BCUT2D eigenvalue weighted by Crippen LogP contribution is 2.44. The van der Waals surface area contributed by atoms with Gasteiger partial charge in [0.05, 0.1) is 5.56 Å². The van der Waals surface area contributed by atoms with E-state index in [2.05, 4.69) is 36.9 Å². The molecule has 2 aromatic heterocycles. The lowest BCUT2D eigenvalue weighted by Gasteiger charge is -2.30. The van der Waals surface area contributed by atoms with Crippen LogP contribution in [0.25, 0.3) is 11.5 Å². The first-order valence-corrected chi connectivity index (χ1v) is 12.7. The minimum Gasteiger partial charge on any atom is -0.367 e. The lowest BCUT2D eigenvalue weighted by Crippen LogP contribution is -2.37. The number of benzene rings is 1. The molecule has 0 amide bonds. The molecule has 0 bridgehead atoms. The molecule has 3 aromatic rings. The largest absolute Gasteiger partial charge is 0.416 e. The Bertz CT molecular complexity index is 1150. The van der Waals surface area contributed by atoms with Crippen LogP contribution in [0.5, 0.6) is 0 Å². The lowest BCUT2D eigenvalue weighted by atomic mass is 9.85. The van der Waals surface area contributed by atoms with Crippen LogP contribution in [0.4, 0.5) is 18.9 Å². The third-order valence-electron chi connectivity index (χ3n) is 7.14. The lowest BCUT2D eigenvalue weighted by molar-refractivity contribution is -0.137. The Morgan fingerprint density at radius 1 is 1.14 bits per heavy atom. The van der Waals surface area contributed by atoms with Gasteiger partial charge in [-0.2, -0.15) is 13.2 Å². The average molecular weight is 504 g/mol. The van der Waals surface area contributed by atoms with E-state index < -0.39 is 11.7 Å². The highest BCUT2D eigenvalue weighted by atomic mass is 32.2. The van der Waals surface area contributed by atoms with Gasteiger partial charge in [0, 0.05) is 55.8 Å². The van der Waals surface area contributed by atoms with Crippen LogP contribution >= 0.6 is 11.8 Å². The summed E-state index contributed by atoms with van der Waals surface area (Å²) in [5.74, 6) is 1.65. The number of thioether (sulfide) groups is 1. The molecule has 2 atom stereocenters. The highest BCUT2D eigenvalue weighted by molar-refractivity contribution is 7.99. The predicted octanol–water partition coefficient (Wildman–Crippen LogP) is 4.37. The van der Waals surface area contributed by atoms with Gasteiger partial charge in [-0.3, -0.25) is 0 Å². The summed E-state index contributed by atoms with van der Waals surface area (Å²) in [6.07, 6.45) is 0.955. The molecule has 2 aliphatic rings. The Labute approximate surface area is 206 Å². The first-order valence-electron chi connectivity index (χ1n) is 11.7. The normalized spacial score (nSPS) is 22.7. The molecule has 2 fully saturated rings. The summed E-state index contributed by atoms with van der Waals surface area (Å²) in [5.41, 5.74) is 1.19. The summed E-state index contributed by atoms with van der Waals surface area (Å²) < 4.78 is 40.8. The van der Waals surface area contributed by atoms with E-state index in [4.69, 9.17) is 0 Å². The number of hydrogen-bond acceptors (Lipinski definition) is 7. The highest BCUT2D eigenvalue weighted by Gasteiger charge is 2.50. The van der Waals surface area contributed by atoms with Crippen molar-refractivity contribution >= 4 is 17.4 Å². The molecule has 4 heterocycles. The van der Waals surface area contributed by atoms with Gasteiger partial charge in [0.1, 0.15) is 12.0 Å². The second-order valence-corrected chi connectivity index (χ2v) is 10.6. The molecule has 11 heteroatoms. The summed E-state index contributed by atoms with van der Waals surface area (Å²) >= 11 is 1.68. The number of likely N-dealkylation sites (tertiary alicyclic amines) is 1. The van der Waals surface area contributed by atoms with Crippen LogP contribution in [0.3, 0.4) is 0 Å². The number of rotatable bonds is 7. The number of anilines is 1. The number of fused-ring (bicyclic) bond motifs is 1. The number of nitrogens with zero attached hydrogens (tertiary/aromatic N) is 7. The van der Waals surface area contributed by atoms with Gasteiger partial charge in [0.25, 0.3) is 0 Å². The van der Waals surface area contributed by atoms with Crippen LogP contribution in [-0.2, 0) is 13.2 Å².